The molecular weight excluding hydrogens is 315 g/mol. The third-order valence-corrected chi connectivity index (χ3v) is 3.21. The van der Waals surface area contributed by atoms with E-state index in [2.05, 4.69) is 10.1 Å². The quantitative estimate of drug-likeness (QED) is 0.846. The van der Waals surface area contributed by atoms with Crippen LogP contribution in [-0.2, 0) is 17.6 Å². The lowest BCUT2D eigenvalue weighted by atomic mass is 9.97. The maximum absolute atomic E-state index is 12.1. The first-order valence-electron chi connectivity index (χ1n) is 7.38. The van der Waals surface area contributed by atoms with Gasteiger partial charge in [0.2, 0.25) is 5.89 Å². The fourth-order valence-corrected chi connectivity index (χ4v) is 2.15. The monoisotopic (exact) mass is 335 g/mol. The number of alkyl halides is 3. The minimum absolute atomic E-state index is 0.0562. The van der Waals surface area contributed by atoms with Crippen LogP contribution in [0.1, 0.15) is 38.9 Å². The summed E-state index contributed by atoms with van der Waals surface area (Å²) in [5, 5.41) is 3.54. The number of ether oxygens (including phenoxy) is 1. The molecule has 2 rings (SSSR count). The highest BCUT2D eigenvalue weighted by atomic mass is 19.4. The van der Waals surface area contributed by atoms with Gasteiger partial charge in [-0.05, 0) is 20.8 Å². The minimum Gasteiger partial charge on any atom is -0.444 e. The van der Waals surface area contributed by atoms with Crippen LogP contribution in [0.4, 0.5) is 18.0 Å². The molecule has 1 aromatic rings. The normalized spacial score (nSPS) is 16.3. The fourth-order valence-electron chi connectivity index (χ4n) is 2.15. The van der Waals surface area contributed by atoms with Gasteiger partial charge in [0.15, 0.2) is 5.82 Å². The van der Waals surface area contributed by atoms with Gasteiger partial charge in [0.1, 0.15) is 5.60 Å². The molecule has 0 spiro atoms. The van der Waals surface area contributed by atoms with Crippen LogP contribution in [0, 0.1) is 5.92 Å². The van der Waals surface area contributed by atoms with Gasteiger partial charge in [-0.15, -0.1) is 0 Å². The second kappa shape index (κ2) is 6.37. The first-order chi connectivity index (χ1) is 10.5. The van der Waals surface area contributed by atoms with Gasteiger partial charge in [-0.3, -0.25) is 0 Å². The summed E-state index contributed by atoms with van der Waals surface area (Å²) in [7, 11) is 0. The van der Waals surface area contributed by atoms with Crippen molar-refractivity contribution in [3.8, 4) is 0 Å². The van der Waals surface area contributed by atoms with Gasteiger partial charge in [-0.2, -0.15) is 18.2 Å². The Morgan fingerprint density at radius 3 is 2.57 bits per heavy atom. The number of hydrogen-bond acceptors (Lipinski definition) is 5. The molecule has 1 aliphatic rings. The summed E-state index contributed by atoms with van der Waals surface area (Å²) in [6, 6.07) is 0. The number of rotatable bonds is 4. The lowest BCUT2D eigenvalue weighted by molar-refractivity contribution is -0.134. The first kappa shape index (κ1) is 17.6. The number of hydrogen-bond donors (Lipinski definition) is 0. The van der Waals surface area contributed by atoms with Crippen LogP contribution < -0.4 is 0 Å². The molecule has 2 heterocycles. The number of carbonyl (C=O) groups is 1. The number of amides is 1. The number of halogens is 3. The summed E-state index contributed by atoms with van der Waals surface area (Å²) in [6.07, 6.45) is -5.42. The topological polar surface area (TPSA) is 68.5 Å². The molecule has 6 nitrogen and oxygen atoms in total. The molecule has 23 heavy (non-hydrogen) atoms. The van der Waals surface area contributed by atoms with Crippen LogP contribution in [0.3, 0.4) is 0 Å². The van der Waals surface area contributed by atoms with Crippen molar-refractivity contribution in [3.63, 3.8) is 0 Å². The maximum Gasteiger partial charge on any atom is 0.410 e. The Balaban J connectivity index is 1.74. The van der Waals surface area contributed by atoms with Crippen molar-refractivity contribution in [2.75, 3.05) is 13.1 Å². The Bertz CT molecular complexity index is 545. The highest BCUT2D eigenvalue weighted by molar-refractivity contribution is 5.69. The molecule has 0 N–H and O–H groups in total. The summed E-state index contributed by atoms with van der Waals surface area (Å²) in [6.45, 7) is 6.40. The Morgan fingerprint density at radius 1 is 1.35 bits per heavy atom. The first-order valence-corrected chi connectivity index (χ1v) is 7.38. The van der Waals surface area contributed by atoms with Crippen molar-refractivity contribution in [3.05, 3.63) is 11.7 Å². The van der Waals surface area contributed by atoms with Crippen LogP contribution in [0.2, 0.25) is 0 Å². The van der Waals surface area contributed by atoms with Gasteiger partial charge in [-0.25, -0.2) is 4.79 Å². The lowest BCUT2D eigenvalue weighted by Gasteiger charge is -2.39. The smallest absolute Gasteiger partial charge is 0.410 e. The lowest BCUT2D eigenvalue weighted by Crippen LogP contribution is -2.52. The summed E-state index contributed by atoms with van der Waals surface area (Å²) in [5.74, 6) is 0.509. The van der Waals surface area contributed by atoms with Crippen LogP contribution >= 0.6 is 0 Å². The van der Waals surface area contributed by atoms with E-state index in [1.54, 1.807) is 25.7 Å². The molecular formula is C14H20F3N3O3. The molecule has 1 amide bonds. The Kier molecular flexibility index (Phi) is 4.86. The second-order valence-electron chi connectivity index (χ2n) is 6.67. The predicted molar refractivity (Wildman–Crippen MR) is 73.7 cm³/mol. The van der Waals surface area contributed by atoms with Crippen molar-refractivity contribution in [1.82, 2.24) is 15.0 Å². The van der Waals surface area contributed by atoms with Crippen molar-refractivity contribution in [2.45, 2.75) is 51.8 Å². The maximum atomic E-state index is 12.1. The van der Waals surface area contributed by atoms with Gasteiger partial charge in [0.05, 0.1) is 6.42 Å². The molecule has 1 fully saturated rings. The van der Waals surface area contributed by atoms with Crippen molar-refractivity contribution >= 4 is 6.09 Å². The Hall–Kier alpha value is -1.80. The summed E-state index contributed by atoms with van der Waals surface area (Å²) in [5.41, 5.74) is -0.540. The number of aryl methyl sites for hydroxylation is 1. The zero-order valence-electron chi connectivity index (χ0n) is 13.3. The summed E-state index contributed by atoms with van der Waals surface area (Å²) in [4.78, 5) is 17.3. The van der Waals surface area contributed by atoms with E-state index in [-0.39, 0.29) is 24.3 Å². The molecule has 0 aromatic carbocycles. The summed E-state index contributed by atoms with van der Waals surface area (Å²) < 4.78 is 46.6. The van der Waals surface area contributed by atoms with E-state index in [0.29, 0.717) is 25.4 Å². The molecule has 9 heteroatoms. The zero-order chi connectivity index (χ0) is 17.3. The predicted octanol–water partition coefficient (Wildman–Crippen LogP) is 2.97. The highest BCUT2D eigenvalue weighted by Crippen LogP contribution is 2.24. The molecule has 0 unspecified atom stereocenters. The van der Waals surface area contributed by atoms with Crippen LogP contribution in [0.5, 0.6) is 0 Å². The van der Waals surface area contributed by atoms with Gasteiger partial charge < -0.3 is 14.2 Å². The van der Waals surface area contributed by atoms with E-state index >= 15 is 0 Å². The molecule has 0 radical (unpaired) electrons. The van der Waals surface area contributed by atoms with Gasteiger partial charge >= 0.3 is 12.3 Å². The molecule has 0 saturated carbocycles. The van der Waals surface area contributed by atoms with Crippen LogP contribution in [0.25, 0.3) is 0 Å². The molecule has 1 aliphatic heterocycles. The zero-order valence-corrected chi connectivity index (χ0v) is 13.3. The van der Waals surface area contributed by atoms with E-state index in [4.69, 9.17) is 9.26 Å². The standard InChI is InChI=1S/C14H20F3N3O3/c1-13(2,3)22-12(21)20-7-9(8-20)6-11-18-10(19-23-11)4-5-14(15,16)17/h9H,4-8H2,1-3H3. The van der Waals surface area contributed by atoms with Gasteiger partial charge in [0, 0.05) is 31.8 Å². The number of nitrogens with zero attached hydrogens (tertiary/aromatic N) is 3. The minimum atomic E-state index is -4.23. The molecule has 130 valence electrons. The van der Waals surface area contributed by atoms with E-state index in [1.807, 2.05) is 0 Å². The third kappa shape index (κ3) is 5.72. The second-order valence-corrected chi connectivity index (χ2v) is 6.67. The highest BCUT2D eigenvalue weighted by Gasteiger charge is 2.35. The number of carbonyl (C=O) groups excluding carboxylic acids is 1. The fraction of sp³-hybridized carbons (Fsp3) is 0.786. The van der Waals surface area contributed by atoms with Crippen molar-refractivity contribution < 1.29 is 27.2 Å². The van der Waals surface area contributed by atoms with Crippen molar-refractivity contribution in [2.24, 2.45) is 5.92 Å². The average molecular weight is 335 g/mol. The number of likely N-dealkylation sites (tertiary alicyclic amines) is 1. The van der Waals surface area contributed by atoms with Crippen molar-refractivity contribution in [1.29, 1.82) is 0 Å². The van der Waals surface area contributed by atoms with Crippen LogP contribution in [-0.4, -0.2) is 46.0 Å². The van der Waals surface area contributed by atoms with Gasteiger partial charge in [-0.1, -0.05) is 5.16 Å². The van der Waals surface area contributed by atoms with E-state index in [0.717, 1.165) is 0 Å². The van der Waals surface area contributed by atoms with E-state index < -0.39 is 18.2 Å². The molecule has 0 aliphatic carbocycles. The molecule has 0 bridgehead atoms. The van der Waals surface area contributed by atoms with E-state index in [1.165, 1.54) is 0 Å². The van der Waals surface area contributed by atoms with E-state index in [9.17, 15) is 18.0 Å². The average Bonchev–Trinajstić information content (AvgIpc) is 2.75. The third-order valence-electron chi connectivity index (χ3n) is 3.21. The number of aromatic nitrogens is 2. The SMILES string of the molecule is CC(C)(C)OC(=O)N1CC(Cc2nc(CCC(F)(F)F)no2)C1. The molecule has 0 atom stereocenters. The Labute approximate surface area is 132 Å². The molecule has 1 saturated heterocycles. The Morgan fingerprint density at radius 2 is 2.00 bits per heavy atom. The summed E-state index contributed by atoms with van der Waals surface area (Å²) >= 11 is 0. The molecule has 1 aromatic heterocycles. The van der Waals surface area contributed by atoms with Crippen LogP contribution in [0.15, 0.2) is 4.52 Å². The van der Waals surface area contributed by atoms with Gasteiger partial charge in [0.25, 0.3) is 0 Å². The largest absolute Gasteiger partial charge is 0.444 e.